The minimum absolute atomic E-state index is 0.0756. The zero-order chi connectivity index (χ0) is 28.5. The van der Waals surface area contributed by atoms with Gasteiger partial charge in [-0.1, -0.05) is 29.8 Å². The summed E-state index contributed by atoms with van der Waals surface area (Å²) in [6.45, 7) is 4.39. The number of hydrogen-bond donors (Lipinski definition) is 1. The number of halogens is 1. The first kappa shape index (κ1) is 30.9. The monoisotopic (exact) mass is 586 g/mol. The highest BCUT2D eigenvalue weighted by atomic mass is 35.5. The number of carbonyl (C=O) groups is 2. The van der Waals surface area contributed by atoms with E-state index in [4.69, 9.17) is 16.3 Å². The molecule has 9 heteroatoms. The second-order valence-electron chi connectivity index (χ2n) is 9.40. The minimum atomic E-state index is -0.611. The number of aryl methyl sites for hydroxylation is 2. The number of benzene rings is 3. The molecule has 1 aliphatic heterocycles. The average molecular weight is 587 g/mol. The van der Waals surface area contributed by atoms with Gasteiger partial charge >= 0.3 is 0 Å². The molecule has 4 rings (SSSR count). The third-order valence-electron chi connectivity index (χ3n) is 6.21. The molecule has 3 aromatic rings. The first-order valence-electron chi connectivity index (χ1n) is 12.6. The molecule has 208 valence electrons. The van der Waals surface area contributed by atoms with E-state index < -0.39 is 10.8 Å². The molecule has 39 heavy (non-hydrogen) atoms. The Labute approximate surface area is 242 Å². The van der Waals surface area contributed by atoms with Crippen molar-refractivity contribution in [1.82, 2.24) is 0 Å². The van der Waals surface area contributed by atoms with Gasteiger partial charge in [0.2, 0.25) is 0 Å². The number of ether oxygens (including phenoxy) is 1. The molecule has 0 fully saturated rings. The van der Waals surface area contributed by atoms with Crippen molar-refractivity contribution in [2.24, 2.45) is 0 Å². The van der Waals surface area contributed by atoms with Crippen molar-refractivity contribution in [3.05, 3.63) is 93.5 Å². The van der Waals surface area contributed by atoms with Gasteiger partial charge in [-0.3, -0.25) is 13.8 Å². The van der Waals surface area contributed by atoms with Crippen molar-refractivity contribution < 1.29 is 18.5 Å². The van der Waals surface area contributed by atoms with Crippen LogP contribution in [-0.2, 0) is 15.5 Å². The average Bonchev–Trinajstić information content (AvgIpc) is 3.06. The summed E-state index contributed by atoms with van der Waals surface area (Å²) in [5.41, 5.74) is 5.37. The molecule has 6 nitrogen and oxygen atoms in total. The summed E-state index contributed by atoms with van der Waals surface area (Å²) in [6, 6.07) is 18.5. The first-order chi connectivity index (χ1) is 18.6. The van der Waals surface area contributed by atoms with E-state index in [2.05, 4.69) is 5.32 Å². The number of nitrogens with zero attached hydrogens (tertiary/aromatic N) is 1. The third kappa shape index (κ3) is 8.42. The van der Waals surface area contributed by atoms with Gasteiger partial charge in [0.05, 0.1) is 12.0 Å². The van der Waals surface area contributed by atoms with Crippen LogP contribution >= 0.6 is 23.4 Å². The minimum Gasteiger partial charge on any atom is -0.363 e. The van der Waals surface area contributed by atoms with Crippen LogP contribution in [0, 0.1) is 13.8 Å². The highest BCUT2D eigenvalue weighted by Gasteiger charge is 2.28. The van der Waals surface area contributed by atoms with Crippen LogP contribution in [0.15, 0.2) is 60.7 Å². The number of amides is 2. The van der Waals surface area contributed by atoms with Gasteiger partial charge in [0.25, 0.3) is 11.8 Å². The molecule has 0 aromatic heterocycles. The maximum absolute atomic E-state index is 13.7. The fourth-order valence-corrected chi connectivity index (χ4v) is 4.91. The number of anilines is 2. The number of fused-ring (bicyclic) bond motifs is 1. The van der Waals surface area contributed by atoms with E-state index in [-0.39, 0.29) is 17.9 Å². The van der Waals surface area contributed by atoms with E-state index in [1.54, 1.807) is 42.5 Å². The molecule has 0 spiro atoms. The van der Waals surface area contributed by atoms with Crippen molar-refractivity contribution in [2.75, 3.05) is 41.5 Å². The maximum atomic E-state index is 13.7. The predicted octanol–water partition coefficient (Wildman–Crippen LogP) is 7.02. The first-order valence-corrected chi connectivity index (χ1v) is 16.3. The predicted molar refractivity (Wildman–Crippen MR) is 165 cm³/mol. The molecule has 0 aliphatic carbocycles. The molecule has 0 saturated heterocycles. The zero-order valence-electron chi connectivity index (χ0n) is 23.0. The fraction of sp³-hybridized carbons (Fsp3) is 0.333. The lowest BCUT2D eigenvalue weighted by Gasteiger charge is -2.25. The van der Waals surface area contributed by atoms with Gasteiger partial charge in [0.15, 0.2) is 0 Å². The molecule has 1 unspecified atom stereocenters. The summed E-state index contributed by atoms with van der Waals surface area (Å²) >= 11 is 7.94. The fourth-order valence-electron chi connectivity index (χ4n) is 4.43. The molecule has 2 amide bonds. The molecular weight excluding hydrogens is 552 g/mol. The summed E-state index contributed by atoms with van der Waals surface area (Å²) in [7, 11) is -0.611. The van der Waals surface area contributed by atoms with Crippen LogP contribution in [0.25, 0.3) is 0 Å². The topological polar surface area (TPSA) is 75.7 Å². The van der Waals surface area contributed by atoms with Crippen molar-refractivity contribution in [2.45, 2.75) is 32.8 Å². The Morgan fingerprint density at radius 3 is 2.44 bits per heavy atom. The number of rotatable bonds is 6. The van der Waals surface area contributed by atoms with Crippen LogP contribution in [-0.4, -0.2) is 47.3 Å². The van der Waals surface area contributed by atoms with Crippen LogP contribution in [0.2, 0.25) is 5.02 Å². The molecule has 3 aromatic carbocycles. The van der Waals surface area contributed by atoms with E-state index in [9.17, 15) is 13.8 Å². The standard InChI is InChI=1S/C28H29ClN2O3S.C2H6OS/c1-18-7-4-5-8-22(18)27(32)30-21-11-12-23(19(2)15-21)28(33)31-14-6-9-26(34-17-35-3)24-16-20(29)10-13-25(24)31;1-4(2)3/h4-5,7-8,10-13,15-16,26H,6,9,14,17H2,1-3H3,(H,30,32);1-2H3. The second-order valence-corrected chi connectivity index (χ2v) is 12.1. The number of carbonyl (C=O) groups excluding carboxylic acids is 2. The Morgan fingerprint density at radius 2 is 1.77 bits per heavy atom. The lowest BCUT2D eigenvalue weighted by molar-refractivity contribution is 0.0842. The Morgan fingerprint density at radius 1 is 1.05 bits per heavy atom. The van der Waals surface area contributed by atoms with Crippen LogP contribution < -0.4 is 10.2 Å². The van der Waals surface area contributed by atoms with Crippen LogP contribution in [0.1, 0.15) is 56.4 Å². The van der Waals surface area contributed by atoms with E-state index in [0.29, 0.717) is 34.3 Å². The lowest BCUT2D eigenvalue weighted by atomic mass is 10.0. The normalized spacial score (nSPS) is 14.6. The van der Waals surface area contributed by atoms with Gasteiger partial charge in [-0.05, 0) is 86.5 Å². The second kappa shape index (κ2) is 14.7. The van der Waals surface area contributed by atoms with Crippen molar-refractivity contribution >= 4 is 57.4 Å². The van der Waals surface area contributed by atoms with Crippen molar-refractivity contribution in [3.8, 4) is 0 Å². The summed E-state index contributed by atoms with van der Waals surface area (Å²) in [6.07, 6.45) is 6.82. The molecule has 1 atom stereocenters. The Bertz CT molecular complexity index is 1340. The summed E-state index contributed by atoms with van der Waals surface area (Å²) in [5, 5.41) is 3.57. The smallest absolute Gasteiger partial charge is 0.258 e. The zero-order valence-corrected chi connectivity index (χ0v) is 25.3. The van der Waals surface area contributed by atoms with Gasteiger partial charge in [-0.2, -0.15) is 0 Å². The molecule has 1 aliphatic rings. The van der Waals surface area contributed by atoms with E-state index in [1.165, 1.54) is 0 Å². The lowest BCUT2D eigenvalue weighted by Crippen LogP contribution is -2.32. The van der Waals surface area contributed by atoms with Gasteiger partial charge < -0.3 is 15.0 Å². The van der Waals surface area contributed by atoms with Crippen LogP contribution in [0.5, 0.6) is 0 Å². The summed E-state index contributed by atoms with van der Waals surface area (Å²) in [4.78, 5) is 28.2. The van der Waals surface area contributed by atoms with Gasteiger partial charge in [-0.15, -0.1) is 11.8 Å². The molecule has 1 heterocycles. The van der Waals surface area contributed by atoms with Crippen molar-refractivity contribution in [3.63, 3.8) is 0 Å². The number of thioether (sulfide) groups is 1. The third-order valence-corrected chi connectivity index (χ3v) is 6.82. The van der Waals surface area contributed by atoms with Gasteiger partial charge in [-0.25, -0.2) is 0 Å². The van der Waals surface area contributed by atoms with E-state index in [1.807, 2.05) is 67.5 Å². The van der Waals surface area contributed by atoms with Gasteiger partial charge in [0.1, 0.15) is 0 Å². The Balaban J connectivity index is 0.000000983. The summed E-state index contributed by atoms with van der Waals surface area (Å²) < 4.78 is 15.6. The Kier molecular flexibility index (Phi) is 11.6. The molecular formula is C30H35ClN2O4S2. The molecule has 0 bridgehead atoms. The SMILES string of the molecule is CS(C)=O.CSCOC1CCCN(C(=O)c2ccc(NC(=O)c3ccccc3C)cc2C)c2ccc(Cl)cc21. The summed E-state index contributed by atoms with van der Waals surface area (Å²) in [5.74, 6) is 0.337. The highest BCUT2D eigenvalue weighted by Crippen LogP contribution is 2.38. The Hall–Kier alpha value is -2.65. The van der Waals surface area contributed by atoms with Gasteiger partial charge in [0, 0.05) is 62.9 Å². The quantitative estimate of drug-likeness (QED) is 0.314. The largest absolute Gasteiger partial charge is 0.363 e. The molecule has 0 saturated carbocycles. The molecule has 1 N–H and O–H groups in total. The maximum Gasteiger partial charge on any atom is 0.258 e. The van der Waals surface area contributed by atoms with Crippen LogP contribution in [0.4, 0.5) is 11.4 Å². The van der Waals surface area contributed by atoms with E-state index >= 15 is 0 Å². The highest BCUT2D eigenvalue weighted by molar-refractivity contribution is 7.98. The van der Waals surface area contributed by atoms with E-state index in [0.717, 1.165) is 35.2 Å². The number of nitrogens with one attached hydrogen (secondary N) is 1. The van der Waals surface area contributed by atoms with Crippen molar-refractivity contribution in [1.29, 1.82) is 0 Å². The number of hydrogen-bond acceptors (Lipinski definition) is 5. The molecule has 0 radical (unpaired) electrons. The van der Waals surface area contributed by atoms with Crippen LogP contribution in [0.3, 0.4) is 0 Å².